The van der Waals surface area contributed by atoms with E-state index in [4.69, 9.17) is 0 Å². The minimum absolute atomic E-state index is 0.0859. The summed E-state index contributed by atoms with van der Waals surface area (Å²) in [6, 6.07) is 6.50. The first-order valence-corrected chi connectivity index (χ1v) is 7.53. The van der Waals surface area contributed by atoms with Crippen LogP contribution < -0.4 is 5.32 Å². The number of piperidine rings is 1. The molecule has 1 fully saturated rings. The minimum Gasteiger partial charge on any atom is -0.349 e. The molecule has 1 atom stereocenters. The molecule has 1 aliphatic heterocycles. The molecule has 0 aromatic heterocycles. The SMILES string of the molecule is Cc1ccc(C(C)NC(=O)C2CCN(C)CC2)c(C)c1. The average Bonchev–Trinajstić information content (AvgIpc) is 2.39. The summed E-state index contributed by atoms with van der Waals surface area (Å²) in [6.45, 7) is 8.33. The van der Waals surface area contributed by atoms with Gasteiger partial charge in [0.1, 0.15) is 0 Å². The first kappa shape index (κ1) is 15.0. The second-order valence-corrected chi connectivity index (χ2v) is 6.17. The molecule has 110 valence electrons. The Morgan fingerprint density at radius 2 is 1.95 bits per heavy atom. The summed E-state index contributed by atoms with van der Waals surface area (Å²) in [4.78, 5) is 14.6. The lowest BCUT2D eigenvalue weighted by Gasteiger charge is -2.29. The van der Waals surface area contributed by atoms with E-state index >= 15 is 0 Å². The summed E-state index contributed by atoms with van der Waals surface area (Å²) < 4.78 is 0. The number of hydrogen-bond acceptors (Lipinski definition) is 2. The standard InChI is InChI=1S/C17H26N2O/c1-12-5-6-16(13(2)11-12)14(3)18-17(20)15-7-9-19(4)10-8-15/h5-6,11,14-15H,7-10H2,1-4H3,(H,18,20). The Morgan fingerprint density at radius 3 is 2.55 bits per heavy atom. The van der Waals surface area contributed by atoms with Gasteiger partial charge in [0, 0.05) is 5.92 Å². The third-order valence-corrected chi connectivity index (χ3v) is 4.34. The molecule has 3 nitrogen and oxygen atoms in total. The van der Waals surface area contributed by atoms with Crippen molar-refractivity contribution in [2.75, 3.05) is 20.1 Å². The van der Waals surface area contributed by atoms with Gasteiger partial charge in [0.2, 0.25) is 5.91 Å². The zero-order valence-electron chi connectivity index (χ0n) is 13.1. The van der Waals surface area contributed by atoms with Crippen molar-refractivity contribution in [1.29, 1.82) is 0 Å². The van der Waals surface area contributed by atoms with Crippen LogP contribution in [0.15, 0.2) is 18.2 Å². The van der Waals surface area contributed by atoms with Gasteiger partial charge in [0.05, 0.1) is 6.04 Å². The first-order chi connectivity index (χ1) is 9.47. The highest BCUT2D eigenvalue weighted by Gasteiger charge is 2.24. The van der Waals surface area contributed by atoms with E-state index in [1.54, 1.807) is 0 Å². The normalized spacial score (nSPS) is 18.8. The van der Waals surface area contributed by atoms with Gasteiger partial charge in [-0.15, -0.1) is 0 Å². The van der Waals surface area contributed by atoms with E-state index in [2.05, 4.69) is 56.2 Å². The van der Waals surface area contributed by atoms with E-state index < -0.39 is 0 Å². The predicted molar refractivity (Wildman–Crippen MR) is 82.7 cm³/mol. The number of nitrogens with one attached hydrogen (secondary N) is 1. The second kappa shape index (κ2) is 6.40. The van der Waals surface area contributed by atoms with Crippen LogP contribution in [-0.2, 0) is 4.79 Å². The molecule has 3 heteroatoms. The highest BCUT2D eigenvalue weighted by molar-refractivity contribution is 5.79. The van der Waals surface area contributed by atoms with Crippen LogP contribution >= 0.6 is 0 Å². The number of carbonyl (C=O) groups excluding carboxylic acids is 1. The van der Waals surface area contributed by atoms with Gasteiger partial charge in [-0.1, -0.05) is 23.8 Å². The van der Waals surface area contributed by atoms with Gasteiger partial charge in [0.15, 0.2) is 0 Å². The third-order valence-electron chi connectivity index (χ3n) is 4.34. The van der Waals surface area contributed by atoms with Crippen LogP contribution in [0.4, 0.5) is 0 Å². The van der Waals surface area contributed by atoms with Crippen molar-refractivity contribution in [3.05, 3.63) is 34.9 Å². The van der Waals surface area contributed by atoms with Crippen LogP contribution in [0.3, 0.4) is 0 Å². The molecule has 2 rings (SSSR count). The smallest absolute Gasteiger partial charge is 0.223 e. The highest BCUT2D eigenvalue weighted by Crippen LogP contribution is 2.21. The monoisotopic (exact) mass is 274 g/mol. The quantitative estimate of drug-likeness (QED) is 0.919. The van der Waals surface area contributed by atoms with E-state index in [1.807, 2.05) is 0 Å². The van der Waals surface area contributed by atoms with Gasteiger partial charge in [-0.05, 0) is 64.9 Å². The van der Waals surface area contributed by atoms with E-state index in [-0.39, 0.29) is 17.9 Å². The molecule has 1 N–H and O–H groups in total. The lowest BCUT2D eigenvalue weighted by atomic mass is 9.95. The molecule has 20 heavy (non-hydrogen) atoms. The number of aryl methyl sites for hydroxylation is 2. The molecule has 1 amide bonds. The molecule has 0 spiro atoms. The minimum atomic E-state index is 0.0859. The number of rotatable bonds is 3. The molecule has 0 radical (unpaired) electrons. The van der Waals surface area contributed by atoms with Crippen molar-refractivity contribution in [1.82, 2.24) is 10.2 Å². The molecule has 1 aromatic rings. The zero-order chi connectivity index (χ0) is 14.7. The van der Waals surface area contributed by atoms with Crippen molar-refractivity contribution in [2.45, 2.75) is 39.7 Å². The Kier molecular flexibility index (Phi) is 4.81. The Hall–Kier alpha value is -1.35. The molecular weight excluding hydrogens is 248 g/mol. The average molecular weight is 274 g/mol. The van der Waals surface area contributed by atoms with Crippen LogP contribution in [0, 0.1) is 19.8 Å². The molecule has 1 saturated heterocycles. The number of benzene rings is 1. The fraction of sp³-hybridized carbons (Fsp3) is 0.588. The number of hydrogen-bond donors (Lipinski definition) is 1. The van der Waals surface area contributed by atoms with Crippen molar-refractivity contribution in [2.24, 2.45) is 5.92 Å². The molecule has 0 aliphatic carbocycles. The van der Waals surface area contributed by atoms with E-state index in [0.29, 0.717) is 0 Å². The molecule has 1 heterocycles. The van der Waals surface area contributed by atoms with Crippen molar-refractivity contribution < 1.29 is 4.79 Å². The molecule has 0 saturated carbocycles. The van der Waals surface area contributed by atoms with Crippen LogP contribution in [-0.4, -0.2) is 30.9 Å². The third kappa shape index (κ3) is 3.60. The lowest BCUT2D eigenvalue weighted by molar-refractivity contribution is -0.127. The molecule has 1 aromatic carbocycles. The Labute approximate surface area is 122 Å². The fourth-order valence-corrected chi connectivity index (χ4v) is 2.99. The zero-order valence-corrected chi connectivity index (χ0v) is 13.1. The Bertz CT molecular complexity index is 476. The van der Waals surface area contributed by atoms with Gasteiger partial charge in [-0.2, -0.15) is 0 Å². The van der Waals surface area contributed by atoms with Crippen LogP contribution in [0.2, 0.25) is 0 Å². The summed E-state index contributed by atoms with van der Waals surface area (Å²) >= 11 is 0. The van der Waals surface area contributed by atoms with Crippen LogP contribution in [0.25, 0.3) is 0 Å². The maximum Gasteiger partial charge on any atom is 0.223 e. The van der Waals surface area contributed by atoms with Crippen molar-refractivity contribution in [3.8, 4) is 0 Å². The largest absolute Gasteiger partial charge is 0.349 e. The first-order valence-electron chi connectivity index (χ1n) is 7.53. The molecule has 1 unspecified atom stereocenters. The predicted octanol–water partition coefficient (Wildman–Crippen LogP) is 2.82. The van der Waals surface area contributed by atoms with Gasteiger partial charge < -0.3 is 10.2 Å². The summed E-state index contributed by atoms with van der Waals surface area (Å²) in [5, 5.41) is 3.18. The van der Waals surface area contributed by atoms with Crippen molar-refractivity contribution >= 4 is 5.91 Å². The van der Waals surface area contributed by atoms with Gasteiger partial charge >= 0.3 is 0 Å². The number of carbonyl (C=O) groups is 1. The van der Waals surface area contributed by atoms with Gasteiger partial charge in [-0.3, -0.25) is 4.79 Å². The van der Waals surface area contributed by atoms with Gasteiger partial charge in [-0.25, -0.2) is 0 Å². The Morgan fingerprint density at radius 1 is 1.30 bits per heavy atom. The lowest BCUT2D eigenvalue weighted by Crippen LogP contribution is -2.39. The van der Waals surface area contributed by atoms with E-state index in [9.17, 15) is 4.79 Å². The number of likely N-dealkylation sites (tertiary alicyclic amines) is 1. The van der Waals surface area contributed by atoms with Crippen molar-refractivity contribution in [3.63, 3.8) is 0 Å². The summed E-state index contributed by atoms with van der Waals surface area (Å²) in [7, 11) is 2.12. The maximum absolute atomic E-state index is 12.3. The number of nitrogens with zero attached hydrogens (tertiary/aromatic N) is 1. The fourth-order valence-electron chi connectivity index (χ4n) is 2.99. The topological polar surface area (TPSA) is 32.3 Å². The summed E-state index contributed by atoms with van der Waals surface area (Å²) in [6.07, 6.45) is 1.95. The second-order valence-electron chi connectivity index (χ2n) is 6.17. The number of amides is 1. The summed E-state index contributed by atoms with van der Waals surface area (Å²) in [5.41, 5.74) is 3.73. The summed E-state index contributed by atoms with van der Waals surface area (Å²) in [5.74, 6) is 0.393. The molecular formula is C17H26N2O. The maximum atomic E-state index is 12.3. The van der Waals surface area contributed by atoms with Crippen LogP contribution in [0.1, 0.15) is 42.5 Å². The van der Waals surface area contributed by atoms with Crippen LogP contribution in [0.5, 0.6) is 0 Å². The van der Waals surface area contributed by atoms with Gasteiger partial charge in [0.25, 0.3) is 0 Å². The van der Waals surface area contributed by atoms with E-state index in [0.717, 1.165) is 25.9 Å². The highest BCUT2D eigenvalue weighted by atomic mass is 16.1. The van der Waals surface area contributed by atoms with E-state index in [1.165, 1.54) is 16.7 Å². The molecule has 0 bridgehead atoms. The Balaban J connectivity index is 1.96. The molecule has 1 aliphatic rings.